The summed E-state index contributed by atoms with van der Waals surface area (Å²) in [5, 5.41) is 20.4. The van der Waals surface area contributed by atoms with E-state index in [4.69, 9.17) is 5.73 Å². The Kier molecular flexibility index (Phi) is 3.62. The summed E-state index contributed by atoms with van der Waals surface area (Å²) in [7, 11) is 0. The normalized spacial score (nSPS) is 11.1. The van der Waals surface area contributed by atoms with E-state index in [1.165, 1.54) is 16.0 Å². The van der Waals surface area contributed by atoms with Crippen LogP contribution in [0, 0.1) is 6.92 Å². The average Bonchev–Trinajstić information content (AvgIpc) is 3.21. The SMILES string of the molecule is Cc1c(C(=O)N/N=C/c2cccs2)nnn1-c1nonc1N. The van der Waals surface area contributed by atoms with Crippen LogP contribution in [0.4, 0.5) is 5.82 Å². The number of carbonyl (C=O) groups excluding carboxylic acids is 1. The minimum Gasteiger partial charge on any atom is -0.378 e. The maximum Gasteiger partial charge on any atom is 0.293 e. The number of nitrogens with zero attached hydrogens (tertiary/aromatic N) is 6. The molecule has 0 unspecified atom stereocenters. The molecule has 0 spiro atoms. The van der Waals surface area contributed by atoms with Crippen LogP contribution >= 0.6 is 11.3 Å². The first kappa shape index (κ1) is 13.9. The van der Waals surface area contributed by atoms with Gasteiger partial charge >= 0.3 is 0 Å². The number of carbonyl (C=O) groups is 1. The largest absolute Gasteiger partial charge is 0.378 e. The van der Waals surface area contributed by atoms with Gasteiger partial charge in [0, 0.05) is 4.88 Å². The highest BCUT2D eigenvalue weighted by Gasteiger charge is 2.20. The predicted octanol–water partition coefficient (Wildman–Crippen LogP) is 0.366. The van der Waals surface area contributed by atoms with E-state index in [1.807, 2.05) is 17.5 Å². The van der Waals surface area contributed by atoms with Crippen LogP contribution in [0.15, 0.2) is 27.2 Å². The summed E-state index contributed by atoms with van der Waals surface area (Å²) in [6.07, 6.45) is 1.54. The van der Waals surface area contributed by atoms with Crippen molar-refractivity contribution in [2.75, 3.05) is 5.73 Å². The fourth-order valence-corrected chi connectivity index (χ4v) is 2.24. The number of hydrazone groups is 1. The minimum absolute atomic E-state index is 0.0516. The van der Waals surface area contributed by atoms with E-state index in [9.17, 15) is 4.79 Å². The highest BCUT2D eigenvalue weighted by atomic mass is 32.1. The molecule has 11 heteroatoms. The molecule has 0 bridgehead atoms. The minimum atomic E-state index is -0.494. The number of amides is 1. The molecule has 1 amide bonds. The number of aromatic nitrogens is 5. The van der Waals surface area contributed by atoms with E-state index in [-0.39, 0.29) is 17.3 Å². The Balaban J connectivity index is 1.77. The zero-order valence-corrected chi connectivity index (χ0v) is 12.1. The van der Waals surface area contributed by atoms with Crippen molar-refractivity contribution >= 4 is 29.3 Å². The van der Waals surface area contributed by atoms with Gasteiger partial charge in [0.1, 0.15) is 0 Å². The first-order chi connectivity index (χ1) is 10.7. The second-order valence-corrected chi connectivity index (χ2v) is 5.10. The number of thiophene rings is 1. The molecule has 3 rings (SSSR count). The molecule has 3 aromatic rings. The molecule has 0 radical (unpaired) electrons. The van der Waals surface area contributed by atoms with Crippen molar-refractivity contribution in [2.45, 2.75) is 6.92 Å². The average molecular weight is 318 g/mol. The molecule has 22 heavy (non-hydrogen) atoms. The molecule has 0 fully saturated rings. The van der Waals surface area contributed by atoms with Gasteiger partial charge in [-0.15, -0.1) is 16.4 Å². The van der Waals surface area contributed by atoms with Crippen LogP contribution in [0.5, 0.6) is 0 Å². The van der Waals surface area contributed by atoms with Gasteiger partial charge in [0.15, 0.2) is 5.69 Å². The maximum absolute atomic E-state index is 12.0. The number of nitrogens with one attached hydrogen (secondary N) is 1. The third kappa shape index (κ3) is 2.56. The van der Waals surface area contributed by atoms with Gasteiger partial charge in [0.25, 0.3) is 5.91 Å². The van der Waals surface area contributed by atoms with Gasteiger partial charge in [-0.3, -0.25) is 4.79 Å². The zero-order chi connectivity index (χ0) is 15.5. The molecule has 0 aliphatic heterocycles. The lowest BCUT2D eigenvalue weighted by Gasteiger charge is -1.98. The summed E-state index contributed by atoms with van der Waals surface area (Å²) in [6, 6.07) is 3.77. The number of hydrogen-bond acceptors (Lipinski definition) is 9. The van der Waals surface area contributed by atoms with E-state index >= 15 is 0 Å². The van der Waals surface area contributed by atoms with Gasteiger partial charge < -0.3 is 5.73 Å². The van der Waals surface area contributed by atoms with Gasteiger partial charge in [-0.2, -0.15) is 9.78 Å². The fourth-order valence-electron chi connectivity index (χ4n) is 1.65. The monoisotopic (exact) mass is 318 g/mol. The van der Waals surface area contributed by atoms with Crippen LogP contribution < -0.4 is 11.2 Å². The van der Waals surface area contributed by atoms with Crippen molar-refractivity contribution in [3.8, 4) is 5.82 Å². The third-order valence-corrected chi connectivity index (χ3v) is 3.51. The summed E-state index contributed by atoms with van der Waals surface area (Å²) in [5.74, 6) is -0.270. The van der Waals surface area contributed by atoms with Crippen molar-refractivity contribution in [3.63, 3.8) is 0 Å². The Morgan fingerprint density at radius 2 is 2.41 bits per heavy atom. The molecule has 0 aliphatic carbocycles. The Morgan fingerprint density at radius 1 is 1.55 bits per heavy atom. The van der Waals surface area contributed by atoms with E-state index in [2.05, 4.69) is 35.8 Å². The topological polar surface area (TPSA) is 137 Å². The highest BCUT2D eigenvalue weighted by molar-refractivity contribution is 7.11. The number of hydrogen-bond donors (Lipinski definition) is 2. The highest BCUT2D eigenvalue weighted by Crippen LogP contribution is 2.14. The molecule has 0 saturated carbocycles. The van der Waals surface area contributed by atoms with Gasteiger partial charge in [0.05, 0.1) is 11.9 Å². The lowest BCUT2D eigenvalue weighted by molar-refractivity contribution is 0.0949. The molecule has 0 atom stereocenters. The van der Waals surface area contributed by atoms with Gasteiger partial charge in [-0.25, -0.2) is 10.1 Å². The standard InChI is InChI=1S/C11H10N8O2S/c1-6-8(11(20)15-13-5-7-3-2-4-22-7)14-18-19(6)10-9(12)16-21-17-10/h2-5H,1H3,(H2,12,16)(H,15,20)/b13-5+. The lowest BCUT2D eigenvalue weighted by atomic mass is 10.3. The Morgan fingerprint density at radius 3 is 3.09 bits per heavy atom. The number of anilines is 1. The molecule has 112 valence electrons. The second kappa shape index (κ2) is 5.73. The Bertz CT molecular complexity index is 819. The van der Waals surface area contributed by atoms with Crippen LogP contribution in [-0.4, -0.2) is 37.4 Å². The number of nitrogens with two attached hydrogens (primary N) is 1. The molecule has 3 heterocycles. The number of nitrogen functional groups attached to an aromatic ring is 1. The van der Waals surface area contributed by atoms with Crippen LogP contribution in [0.2, 0.25) is 0 Å². The van der Waals surface area contributed by atoms with E-state index in [1.54, 1.807) is 13.1 Å². The lowest BCUT2D eigenvalue weighted by Crippen LogP contribution is -2.19. The van der Waals surface area contributed by atoms with Crippen molar-refractivity contribution in [1.29, 1.82) is 0 Å². The van der Waals surface area contributed by atoms with Crippen molar-refractivity contribution in [3.05, 3.63) is 33.8 Å². The quantitative estimate of drug-likeness (QED) is 0.523. The van der Waals surface area contributed by atoms with Gasteiger partial charge in [-0.05, 0) is 28.7 Å². The van der Waals surface area contributed by atoms with Crippen molar-refractivity contribution < 1.29 is 9.42 Å². The zero-order valence-electron chi connectivity index (χ0n) is 11.3. The summed E-state index contributed by atoms with van der Waals surface area (Å²) >= 11 is 1.51. The van der Waals surface area contributed by atoms with Gasteiger partial charge in [-0.1, -0.05) is 11.3 Å². The predicted molar refractivity (Wildman–Crippen MR) is 77.7 cm³/mol. The summed E-state index contributed by atoms with van der Waals surface area (Å²) in [4.78, 5) is 13.0. The summed E-state index contributed by atoms with van der Waals surface area (Å²) in [6.45, 7) is 1.64. The molecule has 3 N–H and O–H groups in total. The van der Waals surface area contributed by atoms with Crippen molar-refractivity contribution in [2.24, 2.45) is 5.10 Å². The van der Waals surface area contributed by atoms with E-state index in [0.717, 1.165) is 4.88 Å². The van der Waals surface area contributed by atoms with Crippen LogP contribution in [0.25, 0.3) is 5.82 Å². The number of rotatable bonds is 4. The fraction of sp³-hybridized carbons (Fsp3) is 0.0909. The summed E-state index contributed by atoms with van der Waals surface area (Å²) in [5.41, 5.74) is 8.50. The van der Waals surface area contributed by atoms with Crippen molar-refractivity contribution in [1.82, 2.24) is 30.7 Å². The Hall–Kier alpha value is -3.08. The first-order valence-corrected chi connectivity index (χ1v) is 6.92. The smallest absolute Gasteiger partial charge is 0.293 e. The third-order valence-electron chi connectivity index (χ3n) is 2.71. The maximum atomic E-state index is 12.0. The van der Waals surface area contributed by atoms with Crippen LogP contribution in [0.3, 0.4) is 0 Å². The molecular weight excluding hydrogens is 308 g/mol. The summed E-state index contributed by atoms with van der Waals surface area (Å²) < 4.78 is 5.76. The van der Waals surface area contributed by atoms with E-state index < -0.39 is 5.91 Å². The molecule has 3 aromatic heterocycles. The molecule has 0 saturated heterocycles. The Labute approximate surface area is 127 Å². The van der Waals surface area contributed by atoms with E-state index in [0.29, 0.717) is 5.69 Å². The second-order valence-electron chi connectivity index (χ2n) is 4.12. The van der Waals surface area contributed by atoms with Crippen LogP contribution in [0.1, 0.15) is 21.1 Å². The van der Waals surface area contributed by atoms with Gasteiger partial charge in [0.2, 0.25) is 11.6 Å². The molecular formula is C11H10N8O2S. The van der Waals surface area contributed by atoms with Crippen LogP contribution in [-0.2, 0) is 0 Å². The molecule has 0 aromatic carbocycles. The molecule has 10 nitrogen and oxygen atoms in total. The first-order valence-electron chi connectivity index (χ1n) is 6.04. The molecule has 0 aliphatic rings.